The SMILES string of the molecule is Cc1cc(OCCOC(=O)c2cc([N+](=O)[O-])ccc2NCCO)ccc1C(C)C. The summed E-state index contributed by atoms with van der Waals surface area (Å²) in [5.74, 6) is 0.404. The summed E-state index contributed by atoms with van der Waals surface area (Å²) in [6.07, 6.45) is 0. The van der Waals surface area contributed by atoms with E-state index in [-0.39, 0.29) is 37.6 Å². The average molecular weight is 402 g/mol. The van der Waals surface area contributed by atoms with E-state index in [2.05, 4.69) is 19.2 Å². The van der Waals surface area contributed by atoms with Crippen molar-refractivity contribution in [3.8, 4) is 5.75 Å². The maximum Gasteiger partial charge on any atom is 0.340 e. The summed E-state index contributed by atoms with van der Waals surface area (Å²) < 4.78 is 10.8. The maximum atomic E-state index is 12.4. The zero-order valence-electron chi connectivity index (χ0n) is 16.8. The van der Waals surface area contributed by atoms with Crippen molar-refractivity contribution in [2.45, 2.75) is 26.7 Å². The van der Waals surface area contributed by atoms with E-state index >= 15 is 0 Å². The Labute approximate surface area is 169 Å². The van der Waals surface area contributed by atoms with Crippen LogP contribution in [0.25, 0.3) is 0 Å². The van der Waals surface area contributed by atoms with Gasteiger partial charge in [-0.15, -0.1) is 0 Å². The van der Waals surface area contributed by atoms with Crippen LogP contribution in [0.5, 0.6) is 5.75 Å². The van der Waals surface area contributed by atoms with E-state index in [1.54, 1.807) is 0 Å². The minimum Gasteiger partial charge on any atom is -0.490 e. The Kier molecular flexibility index (Phi) is 7.97. The highest BCUT2D eigenvalue weighted by Crippen LogP contribution is 2.24. The van der Waals surface area contributed by atoms with Crippen molar-refractivity contribution in [3.63, 3.8) is 0 Å². The Morgan fingerprint density at radius 1 is 1.21 bits per heavy atom. The number of nitrogens with one attached hydrogen (secondary N) is 1. The highest BCUT2D eigenvalue weighted by Gasteiger charge is 2.18. The molecule has 0 amide bonds. The Hall–Kier alpha value is -3.13. The summed E-state index contributed by atoms with van der Waals surface area (Å²) in [6, 6.07) is 9.68. The number of anilines is 1. The molecule has 0 spiro atoms. The zero-order valence-corrected chi connectivity index (χ0v) is 16.8. The predicted molar refractivity (Wildman–Crippen MR) is 110 cm³/mol. The Morgan fingerprint density at radius 2 is 1.97 bits per heavy atom. The van der Waals surface area contributed by atoms with Gasteiger partial charge in [0.2, 0.25) is 0 Å². The number of hydrogen-bond acceptors (Lipinski definition) is 7. The van der Waals surface area contributed by atoms with Crippen molar-refractivity contribution in [1.82, 2.24) is 0 Å². The van der Waals surface area contributed by atoms with Crippen molar-refractivity contribution in [3.05, 3.63) is 63.2 Å². The molecule has 0 radical (unpaired) electrons. The third kappa shape index (κ3) is 6.18. The highest BCUT2D eigenvalue weighted by atomic mass is 16.6. The molecular formula is C21H26N2O6. The standard InChI is InChI=1S/C21H26N2O6/c1-14(2)18-6-5-17(12-15(18)3)28-10-11-29-21(25)19-13-16(23(26)27)4-7-20(19)22-8-9-24/h4-7,12-14,22,24H,8-11H2,1-3H3. The van der Waals surface area contributed by atoms with Gasteiger partial charge in [-0.1, -0.05) is 19.9 Å². The van der Waals surface area contributed by atoms with Gasteiger partial charge in [0.05, 0.1) is 17.1 Å². The van der Waals surface area contributed by atoms with Crippen LogP contribution in [0.15, 0.2) is 36.4 Å². The number of aliphatic hydroxyl groups is 1. The second kappa shape index (κ2) is 10.4. The number of nitro groups is 1. The summed E-state index contributed by atoms with van der Waals surface area (Å²) in [6.45, 7) is 6.47. The molecule has 0 saturated heterocycles. The van der Waals surface area contributed by atoms with Gasteiger partial charge in [-0.2, -0.15) is 0 Å². The van der Waals surface area contributed by atoms with E-state index in [1.165, 1.54) is 17.7 Å². The first-order chi connectivity index (χ1) is 13.8. The van der Waals surface area contributed by atoms with Crippen LogP contribution in [0.4, 0.5) is 11.4 Å². The van der Waals surface area contributed by atoms with E-state index in [9.17, 15) is 14.9 Å². The number of ether oxygens (including phenoxy) is 2. The summed E-state index contributed by atoms with van der Waals surface area (Å²) in [4.78, 5) is 22.8. The largest absolute Gasteiger partial charge is 0.490 e. The molecule has 0 aliphatic heterocycles. The second-order valence-electron chi connectivity index (χ2n) is 6.79. The molecule has 0 aliphatic carbocycles. The molecule has 2 aromatic rings. The van der Waals surface area contributed by atoms with E-state index in [0.717, 1.165) is 11.6 Å². The molecule has 8 nitrogen and oxygen atoms in total. The van der Waals surface area contributed by atoms with Crippen molar-refractivity contribution in [2.75, 3.05) is 31.7 Å². The van der Waals surface area contributed by atoms with Crippen LogP contribution in [0.3, 0.4) is 0 Å². The Balaban J connectivity index is 1.97. The smallest absolute Gasteiger partial charge is 0.340 e. The van der Waals surface area contributed by atoms with Gasteiger partial charge >= 0.3 is 5.97 Å². The third-order valence-corrected chi connectivity index (χ3v) is 4.31. The number of rotatable bonds is 10. The Morgan fingerprint density at radius 3 is 2.59 bits per heavy atom. The quantitative estimate of drug-likeness (QED) is 0.270. The topological polar surface area (TPSA) is 111 Å². The molecule has 0 bridgehead atoms. The number of non-ortho nitro benzene ring substituents is 1. The number of aliphatic hydroxyl groups excluding tert-OH is 1. The molecule has 0 saturated carbocycles. The number of nitro benzene ring substituents is 1. The van der Waals surface area contributed by atoms with Crippen molar-refractivity contribution in [1.29, 1.82) is 0 Å². The maximum absolute atomic E-state index is 12.4. The number of benzene rings is 2. The van der Waals surface area contributed by atoms with Crippen LogP contribution >= 0.6 is 0 Å². The molecule has 0 aromatic heterocycles. The lowest BCUT2D eigenvalue weighted by Gasteiger charge is -2.13. The molecule has 2 aromatic carbocycles. The summed E-state index contributed by atoms with van der Waals surface area (Å²) >= 11 is 0. The fourth-order valence-corrected chi connectivity index (χ4v) is 2.92. The first kappa shape index (κ1) is 22.2. The molecule has 8 heteroatoms. The van der Waals surface area contributed by atoms with Crippen molar-refractivity contribution in [2.24, 2.45) is 0 Å². The first-order valence-electron chi connectivity index (χ1n) is 9.37. The van der Waals surface area contributed by atoms with Crippen LogP contribution in [0.2, 0.25) is 0 Å². The number of carbonyl (C=O) groups is 1. The monoisotopic (exact) mass is 402 g/mol. The molecule has 2 rings (SSSR count). The molecule has 0 fully saturated rings. The summed E-state index contributed by atoms with van der Waals surface area (Å²) in [5.41, 5.74) is 2.55. The Bertz CT molecular complexity index is 866. The minimum absolute atomic E-state index is 0.00799. The molecule has 2 N–H and O–H groups in total. The van der Waals surface area contributed by atoms with Gasteiger partial charge in [0.25, 0.3) is 5.69 Å². The van der Waals surface area contributed by atoms with Crippen LogP contribution in [-0.4, -0.2) is 42.4 Å². The molecular weight excluding hydrogens is 376 g/mol. The fraction of sp³-hybridized carbons (Fsp3) is 0.381. The number of hydrogen-bond donors (Lipinski definition) is 2. The van der Waals surface area contributed by atoms with E-state index in [1.807, 2.05) is 25.1 Å². The lowest BCUT2D eigenvalue weighted by Crippen LogP contribution is -2.15. The zero-order chi connectivity index (χ0) is 21.4. The number of nitrogens with zero attached hydrogens (tertiary/aromatic N) is 1. The highest BCUT2D eigenvalue weighted by molar-refractivity contribution is 5.96. The van der Waals surface area contributed by atoms with Gasteiger partial charge in [0.1, 0.15) is 19.0 Å². The van der Waals surface area contributed by atoms with E-state index in [4.69, 9.17) is 14.6 Å². The number of aryl methyl sites for hydroxylation is 1. The predicted octanol–water partition coefficient (Wildman–Crippen LogP) is 3.67. The van der Waals surface area contributed by atoms with Gasteiger partial charge in [0, 0.05) is 24.4 Å². The van der Waals surface area contributed by atoms with Gasteiger partial charge < -0.3 is 19.9 Å². The molecule has 156 valence electrons. The number of carbonyl (C=O) groups excluding carboxylic acids is 1. The van der Waals surface area contributed by atoms with Gasteiger partial charge in [-0.05, 0) is 42.2 Å². The molecule has 0 atom stereocenters. The lowest BCUT2D eigenvalue weighted by molar-refractivity contribution is -0.384. The normalized spacial score (nSPS) is 10.7. The molecule has 0 aliphatic rings. The van der Waals surface area contributed by atoms with Gasteiger partial charge in [-0.3, -0.25) is 10.1 Å². The number of esters is 1. The summed E-state index contributed by atoms with van der Waals surface area (Å²) in [7, 11) is 0. The van der Waals surface area contributed by atoms with E-state index in [0.29, 0.717) is 17.4 Å². The first-order valence-corrected chi connectivity index (χ1v) is 9.37. The van der Waals surface area contributed by atoms with Crippen LogP contribution in [0.1, 0.15) is 41.3 Å². The molecule has 0 heterocycles. The molecule has 29 heavy (non-hydrogen) atoms. The van der Waals surface area contributed by atoms with Gasteiger partial charge in [0.15, 0.2) is 0 Å². The van der Waals surface area contributed by atoms with Crippen LogP contribution < -0.4 is 10.1 Å². The van der Waals surface area contributed by atoms with Crippen molar-refractivity contribution < 1.29 is 24.3 Å². The fourth-order valence-electron chi connectivity index (χ4n) is 2.92. The van der Waals surface area contributed by atoms with Gasteiger partial charge in [-0.25, -0.2) is 4.79 Å². The molecule has 0 unspecified atom stereocenters. The average Bonchev–Trinajstić information content (AvgIpc) is 2.69. The summed E-state index contributed by atoms with van der Waals surface area (Å²) in [5, 5.41) is 22.8. The van der Waals surface area contributed by atoms with Crippen LogP contribution in [0, 0.1) is 17.0 Å². The van der Waals surface area contributed by atoms with E-state index < -0.39 is 10.9 Å². The lowest BCUT2D eigenvalue weighted by atomic mass is 9.98. The van der Waals surface area contributed by atoms with Crippen molar-refractivity contribution >= 4 is 17.3 Å². The minimum atomic E-state index is -0.705. The third-order valence-electron chi connectivity index (χ3n) is 4.31. The second-order valence-corrected chi connectivity index (χ2v) is 6.79. The van der Waals surface area contributed by atoms with Crippen LogP contribution in [-0.2, 0) is 4.74 Å².